The number of carbonyl (C=O) groups is 2. The molecule has 0 saturated heterocycles. The second-order valence-corrected chi connectivity index (χ2v) is 6.56. The van der Waals surface area contributed by atoms with E-state index in [9.17, 15) is 9.59 Å². The standard InChI is InChI=1S/C25H24O6/c1-2-15-29-23-14-7-6-13-22(23)25(27)31-21-12-8-9-19(18-21)24(26)30-17-16-28-20-10-4-3-5-11-20/h3-14,18H,2,15-17H2,1H3. The van der Waals surface area contributed by atoms with E-state index in [-0.39, 0.29) is 24.5 Å². The van der Waals surface area contributed by atoms with Gasteiger partial charge in [0.1, 0.15) is 36.0 Å². The Hall–Kier alpha value is -3.80. The Labute approximate surface area is 181 Å². The summed E-state index contributed by atoms with van der Waals surface area (Å²) in [6.45, 7) is 2.82. The van der Waals surface area contributed by atoms with Gasteiger partial charge in [0.15, 0.2) is 0 Å². The van der Waals surface area contributed by atoms with Crippen LogP contribution in [0.4, 0.5) is 0 Å². The Balaban J connectivity index is 1.56. The molecular formula is C25H24O6. The highest BCUT2D eigenvalue weighted by Crippen LogP contribution is 2.22. The lowest BCUT2D eigenvalue weighted by Crippen LogP contribution is -2.13. The zero-order valence-corrected chi connectivity index (χ0v) is 17.3. The van der Waals surface area contributed by atoms with Gasteiger partial charge in [0.05, 0.1) is 12.2 Å². The van der Waals surface area contributed by atoms with E-state index < -0.39 is 11.9 Å². The van der Waals surface area contributed by atoms with Crippen molar-refractivity contribution in [3.63, 3.8) is 0 Å². The molecule has 0 amide bonds. The molecule has 0 aliphatic heterocycles. The van der Waals surface area contributed by atoms with Gasteiger partial charge in [-0.05, 0) is 48.9 Å². The molecule has 6 nitrogen and oxygen atoms in total. The predicted molar refractivity (Wildman–Crippen MR) is 116 cm³/mol. The van der Waals surface area contributed by atoms with Gasteiger partial charge in [-0.1, -0.05) is 43.3 Å². The van der Waals surface area contributed by atoms with Gasteiger partial charge in [-0.15, -0.1) is 0 Å². The lowest BCUT2D eigenvalue weighted by atomic mass is 10.2. The SMILES string of the molecule is CCCOc1ccccc1C(=O)Oc1cccc(C(=O)OCCOc2ccccc2)c1. The molecular weight excluding hydrogens is 396 g/mol. The van der Waals surface area contributed by atoms with Crippen LogP contribution in [0.25, 0.3) is 0 Å². The van der Waals surface area contributed by atoms with Crippen LogP contribution in [-0.4, -0.2) is 31.8 Å². The lowest BCUT2D eigenvalue weighted by Gasteiger charge is -2.11. The molecule has 31 heavy (non-hydrogen) atoms. The minimum absolute atomic E-state index is 0.0971. The van der Waals surface area contributed by atoms with Crippen LogP contribution >= 0.6 is 0 Å². The highest BCUT2D eigenvalue weighted by molar-refractivity contribution is 5.94. The summed E-state index contributed by atoms with van der Waals surface area (Å²) in [4.78, 5) is 24.9. The van der Waals surface area contributed by atoms with Crippen LogP contribution < -0.4 is 14.2 Å². The molecule has 0 aliphatic carbocycles. The van der Waals surface area contributed by atoms with E-state index in [4.69, 9.17) is 18.9 Å². The summed E-state index contributed by atoms with van der Waals surface area (Å²) in [5.41, 5.74) is 0.600. The normalized spacial score (nSPS) is 10.2. The summed E-state index contributed by atoms with van der Waals surface area (Å²) in [7, 11) is 0. The molecule has 0 N–H and O–H groups in total. The lowest BCUT2D eigenvalue weighted by molar-refractivity contribution is 0.0449. The number of esters is 2. The zero-order valence-electron chi connectivity index (χ0n) is 17.3. The van der Waals surface area contributed by atoms with E-state index in [0.717, 1.165) is 6.42 Å². The van der Waals surface area contributed by atoms with E-state index >= 15 is 0 Å². The molecule has 3 aromatic rings. The summed E-state index contributed by atoms with van der Waals surface area (Å²) < 4.78 is 21.8. The largest absolute Gasteiger partial charge is 0.493 e. The molecule has 0 radical (unpaired) electrons. The molecule has 3 aromatic carbocycles. The summed E-state index contributed by atoms with van der Waals surface area (Å²) in [5, 5.41) is 0. The quantitative estimate of drug-likeness (QED) is 0.263. The molecule has 0 aliphatic rings. The minimum Gasteiger partial charge on any atom is -0.493 e. The Kier molecular flexibility index (Phi) is 8.05. The molecule has 0 fully saturated rings. The van der Waals surface area contributed by atoms with Crippen molar-refractivity contribution < 1.29 is 28.5 Å². The van der Waals surface area contributed by atoms with Crippen LogP contribution in [0.15, 0.2) is 78.9 Å². The van der Waals surface area contributed by atoms with Gasteiger partial charge in [0.25, 0.3) is 0 Å². The van der Waals surface area contributed by atoms with Gasteiger partial charge in [0.2, 0.25) is 0 Å². The average molecular weight is 420 g/mol. The van der Waals surface area contributed by atoms with Gasteiger partial charge >= 0.3 is 11.9 Å². The van der Waals surface area contributed by atoms with Gasteiger partial charge in [0, 0.05) is 0 Å². The van der Waals surface area contributed by atoms with Crippen LogP contribution in [0.3, 0.4) is 0 Å². The number of para-hydroxylation sites is 2. The molecule has 0 unspecified atom stereocenters. The van der Waals surface area contributed by atoms with E-state index in [1.165, 1.54) is 6.07 Å². The predicted octanol–water partition coefficient (Wildman–Crippen LogP) is 4.93. The monoisotopic (exact) mass is 420 g/mol. The number of benzene rings is 3. The van der Waals surface area contributed by atoms with E-state index in [2.05, 4.69) is 0 Å². The van der Waals surface area contributed by atoms with Gasteiger partial charge in [-0.3, -0.25) is 0 Å². The maximum Gasteiger partial charge on any atom is 0.347 e. The molecule has 0 spiro atoms. The minimum atomic E-state index is -0.562. The van der Waals surface area contributed by atoms with Crippen LogP contribution in [0.2, 0.25) is 0 Å². The fourth-order valence-corrected chi connectivity index (χ4v) is 2.72. The van der Waals surface area contributed by atoms with E-state index in [1.807, 2.05) is 37.3 Å². The first kappa shape index (κ1) is 21.9. The van der Waals surface area contributed by atoms with Crippen LogP contribution in [-0.2, 0) is 4.74 Å². The molecule has 6 heteroatoms. The Bertz CT molecular complexity index is 1000. The Morgan fingerprint density at radius 3 is 2.26 bits per heavy atom. The van der Waals surface area contributed by atoms with Crippen molar-refractivity contribution in [2.24, 2.45) is 0 Å². The second-order valence-electron chi connectivity index (χ2n) is 6.56. The molecule has 0 atom stereocenters. The number of rotatable bonds is 10. The summed E-state index contributed by atoms with van der Waals surface area (Å²) in [5.74, 6) is 0.319. The van der Waals surface area contributed by atoms with Crippen molar-refractivity contribution in [3.8, 4) is 17.2 Å². The van der Waals surface area contributed by atoms with Gasteiger partial charge in [-0.2, -0.15) is 0 Å². The molecule has 0 bridgehead atoms. The topological polar surface area (TPSA) is 71.1 Å². The maximum atomic E-state index is 12.6. The Morgan fingerprint density at radius 1 is 0.710 bits per heavy atom. The third-order valence-corrected chi connectivity index (χ3v) is 4.18. The van der Waals surface area contributed by atoms with Crippen LogP contribution in [0.5, 0.6) is 17.2 Å². The average Bonchev–Trinajstić information content (AvgIpc) is 2.81. The van der Waals surface area contributed by atoms with Crippen molar-refractivity contribution in [2.45, 2.75) is 13.3 Å². The van der Waals surface area contributed by atoms with E-state index in [0.29, 0.717) is 23.7 Å². The fraction of sp³-hybridized carbons (Fsp3) is 0.200. The zero-order chi connectivity index (χ0) is 21.9. The molecule has 160 valence electrons. The summed E-state index contributed by atoms with van der Waals surface area (Å²) in [6, 6.07) is 22.4. The first-order valence-electron chi connectivity index (χ1n) is 10.1. The smallest absolute Gasteiger partial charge is 0.347 e. The van der Waals surface area contributed by atoms with Gasteiger partial charge < -0.3 is 18.9 Å². The van der Waals surface area contributed by atoms with Gasteiger partial charge in [-0.25, -0.2) is 9.59 Å². The fourth-order valence-electron chi connectivity index (χ4n) is 2.72. The van der Waals surface area contributed by atoms with Crippen LogP contribution in [0, 0.1) is 0 Å². The van der Waals surface area contributed by atoms with E-state index in [1.54, 1.807) is 42.5 Å². The van der Waals surface area contributed by atoms with Crippen molar-refractivity contribution in [1.29, 1.82) is 0 Å². The molecule has 0 saturated carbocycles. The second kappa shape index (κ2) is 11.4. The highest BCUT2D eigenvalue weighted by atomic mass is 16.6. The van der Waals surface area contributed by atoms with Crippen molar-refractivity contribution in [2.75, 3.05) is 19.8 Å². The van der Waals surface area contributed by atoms with Crippen molar-refractivity contribution in [1.82, 2.24) is 0 Å². The maximum absolute atomic E-state index is 12.6. The van der Waals surface area contributed by atoms with Crippen LogP contribution in [0.1, 0.15) is 34.1 Å². The molecule has 3 rings (SSSR count). The van der Waals surface area contributed by atoms with Crippen molar-refractivity contribution >= 4 is 11.9 Å². The highest BCUT2D eigenvalue weighted by Gasteiger charge is 2.16. The third kappa shape index (κ3) is 6.60. The number of hydrogen-bond donors (Lipinski definition) is 0. The number of ether oxygens (including phenoxy) is 4. The molecule has 0 aromatic heterocycles. The first-order chi connectivity index (χ1) is 15.2. The first-order valence-corrected chi connectivity index (χ1v) is 10.1. The molecule has 0 heterocycles. The summed E-state index contributed by atoms with van der Waals surface area (Å²) >= 11 is 0. The van der Waals surface area contributed by atoms with Crippen molar-refractivity contribution in [3.05, 3.63) is 90.0 Å². The Morgan fingerprint density at radius 2 is 1.45 bits per heavy atom. The third-order valence-electron chi connectivity index (χ3n) is 4.18. The summed E-state index contributed by atoms with van der Waals surface area (Å²) in [6.07, 6.45) is 0.823. The number of hydrogen-bond acceptors (Lipinski definition) is 6. The number of carbonyl (C=O) groups excluding carboxylic acids is 2.